The van der Waals surface area contributed by atoms with Crippen molar-refractivity contribution in [3.8, 4) is 33.5 Å². The van der Waals surface area contributed by atoms with Crippen molar-refractivity contribution in [1.29, 1.82) is 0 Å². The molecule has 0 aliphatic rings. The van der Waals surface area contributed by atoms with E-state index in [4.69, 9.17) is 4.98 Å². The molecule has 0 saturated heterocycles. The SMILES string of the molecule is Cc1cc(C)cc(-c2cc(C)cc(-c3cc(C)cc(C)c3)c2-c2nc3ccc(C)cn3c2CC(=O)N(C)C)c1. The van der Waals surface area contributed by atoms with Crippen molar-refractivity contribution in [1.82, 2.24) is 14.3 Å². The van der Waals surface area contributed by atoms with Crippen LogP contribution in [0.5, 0.6) is 0 Å². The lowest BCUT2D eigenvalue weighted by Crippen LogP contribution is -2.24. The number of carbonyl (C=O) groups excluding carboxylic acids is 1. The van der Waals surface area contributed by atoms with Crippen molar-refractivity contribution in [3.63, 3.8) is 0 Å². The largest absolute Gasteiger partial charge is 0.348 e. The summed E-state index contributed by atoms with van der Waals surface area (Å²) in [5, 5.41) is 0. The molecule has 5 rings (SSSR count). The van der Waals surface area contributed by atoms with Gasteiger partial charge >= 0.3 is 0 Å². The van der Waals surface area contributed by atoms with Crippen molar-refractivity contribution in [2.75, 3.05) is 14.1 Å². The second-order valence-electron chi connectivity index (χ2n) is 11.3. The summed E-state index contributed by atoms with van der Waals surface area (Å²) in [4.78, 5) is 20.0. The Kier molecular flexibility index (Phi) is 6.90. The van der Waals surface area contributed by atoms with Gasteiger partial charge in [-0.25, -0.2) is 4.98 Å². The molecule has 4 nitrogen and oxygen atoms in total. The number of carbonyl (C=O) groups is 1. The molecular weight excluding hydrogens is 478 g/mol. The summed E-state index contributed by atoms with van der Waals surface area (Å²) in [5.41, 5.74) is 15.5. The molecule has 4 heteroatoms. The van der Waals surface area contributed by atoms with Gasteiger partial charge in [0.1, 0.15) is 5.65 Å². The summed E-state index contributed by atoms with van der Waals surface area (Å²) in [6, 6.07) is 22.1. The van der Waals surface area contributed by atoms with E-state index in [9.17, 15) is 4.79 Å². The molecule has 0 aliphatic carbocycles. The number of aromatic nitrogens is 2. The van der Waals surface area contributed by atoms with Crippen molar-refractivity contribution in [3.05, 3.63) is 106 Å². The number of hydrogen-bond donors (Lipinski definition) is 0. The summed E-state index contributed by atoms with van der Waals surface area (Å²) in [6.45, 7) is 12.8. The first-order chi connectivity index (χ1) is 18.5. The summed E-state index contributed by atoms with van der Waals surface area (Å²) < 4.78 is 2.10. The highest BCUT2D eigenvalue weighted by Gasteiger charge is 2.24. The van der Waals surface area contributed by atoms with Gasteiger partial charge in [-0.2, -0.15) is 0 Å². The van der Waals surface area contributed by atoms with Gasteiger partial charge in [0.2, 0.25) is 5.91 Å². The molecule has 2 aromatic heterocycles. The molecule has 0 atom stereocenters. The van der Waals surface area contributed by atoms with Crippen molar-refractivity contribution in [2.24, 2.45) is 0 Å². The number of aryl methyl sites for hydroxylation is 6. The van der Waals surface area contributed by atoms with Crippen LogP contribution in [-0.4, -0.2) is 34.3 Å². The van der Waals surface area contributed by atoms with Crippen LogP contribution in [0.1, 0.15) is 39.1 Å². The first kappa shape index (κ1) is 26.4. The van der Waals surface area contributed by atoms with E-state index < -0.39 is 0 Å². The van der Waals surface area contributed by atoms with Gasteiger partial charge < -0.3 is 9.30 Å². The zero-order chi connectivity index (χ0) is 28.0. The molecule has 0 fully saturated rings. The van der Waals surface area contributed by atoms with E-state index in [0.29, 0.717) is 0 Å². The molecule has 0 radical (unpaired) electrons. The van der Waals surface area contributed by atoms with Crippen LogP contribution in [-0.2, 0) is 11.2 Å². The van der Waals surface area contributed by atoms with Crippen LogP contribution < -0.4 is 0 Å². The maximum absolute atomic E-state index is 13.1. The van der Waals surface area contributed by atoms with E-state index in [1.54, 1.807) is 4.90 Å². The number of amides is 1. The fourth-order valence-corrected chi connectivity index (χ4v) is 5.63. The minimum absolute atomic E-state index is 0.0487. The lowest BCUT2D eigenvalue weighted by atomic mass is 9.86. The molecular formula is C35H37N3O. The van der Waals surface area contributed by atoms with Crippen LogP contribution in [0.25, 0.3) is 39.2 Å². The molecule has 5 aromatic rings. The van der Waals surface area contributed by atoms with Crippen LogP contribution in [0, 0.1) is 41.5 Å². The average molecular weight is 516 g/mol. The second-order valence-corrected chi connectivity index (χ2v) is 11.3. The second kappa shape index (κ2) is 10.2. The van der Waals surface area contributed by atoms with Crippen LogP contribution in [0.15, 0.2) is 66.9 Å². The molecule has 1 amide bonds. The lowest BCUT2D eigenvalue weighted by molar-refractivity contribution is -0.128. The standard InChI is InChI=1S/C35H37N3O/c1-21-9-10-32-36-35(31(38(32)20-21)19-33(39)37(7)8)34-29(27-13-22(2)11-23(3)14-27)17-26(6)18-30(34)28-15-24(4)12-25(5)16-28/h9-18,20H,19H2,1-8H3. The molecule has 0 unspecified atom stereocenters. The van der Waals surface area contributed by atoms with E-state index in [-0.39, 0.29) is 12.3 Å². The Balaban J connectivity index is 1.93. The molecule has 0 N–H and O–H groups in total. The highest BCUT2D eigenvalue weighted by molar-refractivity contribution is 5.96. The summed E-state index contributed by atoms with van der Waals surface area (Å²) >= 11 is 0. The maximum atomic E-state index is 13.1. The minimum Gasteiger partial charge on any atom is -0.348 e. The Morgan fingerprint density at radius 1 is 0.692 bits per heavy atom. The van der Waals surface area contributed by atoms with Gasteiger partial charge in [-0.1, -0.05) is 76.9 Å². The lowest BCUT2D eigenvalue weighted by Gasteiger charge is -2.19. The normalized spacial score (nSPS) is 11.3. The highest BCUT2D eigenvalue weighted by atomic mass is 16.2. The van der Waals surface area contributed by atoms with Gasteiger partial charge in [0.25, 0.3) is 0 Å². The first-order valence-electron chi connectivity index (χ1n) is 13.5. The van der Waals surface area contributed by atoms with Crippen molar-refractivity contribution < 1.29 is 4.79 Å². The minimum atomic E-state index is 0.0487. The molecule has 2 heterocycles. The van der Waals surface area contributed by atoms with Crippen LogP contribution in [0.3, 0.4) is 0 Å². The van der Waals surface area contributed by atoms with Gasteiger partial charge in [0.15, 0.2) is 0 Å². The van der Waals surface area contributed by atoms with Crippen LogP contribution >= 0.6 is 0 Å². The molecule has 0 bridgehead atoms. The third-order valence-corrected chi connectivity index (χ3v) is 7.27. The van der Waals surface area contributed by atoms with E-state index >= 15 is 0 Å². The molecule has 0 saturated carbocycles. The molecule has 198 valence electrons. The fraction of sp³-hybridized carbons (Fsp3) is 0.257. The summed E-state index contributed by atoms with van der Waals surface area (Å²) in [6.07, 6.45) is 2.35. The molecule has 0 spiro atoms. The van der Waals surface area contributed by atoms with E-state index in [1.807, 2.05) is 20.2 Å². The third-order valence-electron chi connectivity index (χ3n) is 7.27. The molecule has 3 aromatic carbocycles. The predicted molar refractivity (Wildman–Crippen MR) is 162 cm³/mol. The number of hydrogen-bond acceptors (Lipinski definition) is 2. The smallest absolute Gasteiger partial charge is 0.228 e. The predicted octanol–water partition coefficient (Wildman–Crippen LogP) is 7.82. The number of likely N-dealkylation sites (N-methyl/N-ethyl adjacent to an activating group) is 1. The Morgan fingerprint density at radius 2 is 1.18 bits per heavy atom. The summed E-state index contributed by atoms with van der Waals surface area (Å²) in [7, 11) is 3.62. The number of benzene rings is 3. The van der Waals surface area contributed by atoms with E-state index in [2.05, 4.69) is 107 Å². The van der Waals surface area contributed by atoms with Crippen molar-refractivity contribution in [2.45, 2.75) is 48.0 Å². The van der Waals surface area contributed by atoms with Crippen LogP contribution in [0.4, 0.5) is 0 Å². The Morgan fingerprint density at radius 3 is 1.67 bits per heavy atom. The number of fused-ring (bicyclic) bond motifs is 1. The number of nitrogens with zero attached hydrogens (tertiary/aromatic N) is 3. The quantitative estimate of drug-likeness (QED) is 0.239. The van der Waals surface area contributed by atoms with Crippen molar-refractivity contribution >= 4 is 11.6 Å². The summed E-state index contributed by atoms with van der Waals surface area (Å²) in [5.74, 6) is 0.0487. The molecule has 0 aliphatic heterocycles. The number of imidazole rings is 1. The van der Waals surface area contributed by atoms with Gasteiger partial charge in [-0.15, -0.1) is 0 Å². The van der Waals surface area contributed by atoms with Gasteiger partial charge in [-0.05, 0) is 81.0 Å². The first-order valence-corrected chi connectivity index (χ1v) is 13.5. The van der Waals surface area contributed by atoms with E-state index in [1.165, 1.54) is 27.8 Å². The Labute approximate surface area is 232 Å². The third kappa shape index (κ3) is 5.24. The fourth-order valence-electron chi connectivity index (χ4n) is 5.63. The highest BCUT2D eigenvalue weighted by Crippen LogP contribution is 2.43. The van der Waals surface area contributed by atoms with Crippen LogP contribution in [0.2, 0.25) is 0 Å². The van der Waals surface area contributed by atoms with Gasteiger partial charge in [0.05, 0.1) is 17.8 Å². The monoisotopic (exact) mass is 515 g/mol. The number of rotatable bonds is 5. The topological polar surface area (TPSA) is 37.6 Å². The Bertz CT molecular complexity index is 1630. The maximum Gasteiger partial charge on any atom is 0.228 e. The number of pyridine rings is 1. The Hall–Kier alpha value is -4.18. The van der Waals surface area contributed by atoms with Gasteiger partial charge in [-0.3, -0.25) is 4.79 Å². The zero-order valence-electron chi connectivity index (χ0n) is 24.3. The molecule has 39 heavy (non-hydrogen) atoms. The van der Waals surface area contributed by atoms with Gasteiger partial charge in [0, 0.05) is 25.9 Å². The average Bonchev–Trinajstić information content (AvgIpc) is 3.19. The zero-order valence-corrected chi connectivity index (χ0v) is 24.3. The van der Waals surface area contributed by atoms with E-state index in [0.717, 1.165) is 50.4 Å².